The average molecular weight is 327 g/mol. The molecule has 2 aromatic rings. The van der Waals surface area contributed by atoms with Crippen molar-refractivity contribution in [1.29, 1.82) is 5.26 Å². The number of carbonyl (C=O) groups excluding carboxylic acids is 1. The number of ether oxygens (including phenoxy) is 1. The van der Waals surface area contributed by atoms with Crippen LogP contribution in [0.4, 0.5) is 5.69 Å². The largest absolute Gasteiger partial charge is 0.496 e. The molecule has 1 amide bonds. The van der Waals surface area contributed by atoms with Gasteiger partial charge in [0.05, 0.1) is 7.11 Å². The van der Waals surface area contributed by atoms with Gasteiger partial charge in [-0.2, -0.15) is 5.26 Å². The summed E-state index contributed by atoms with van der Waals surface area (Å²) < 4.78 is 5.22. The van der Waals surface area contributed by atoms with Gasteiger partial charge >= 0.3 is 0 Å². The molecule has 0 fully saturated rings. The van der Waals surface area contributed by atoms with E-state index in [0.29, 0.717) is 22.0 Å². The van der Waals surface area contributed by atoms with Crippen molar-refractivity contribution >= 4 is 29.3 Å². The van der Waals surface area contributed by atoms with Crippen LogP contribution in [-0.4, -0.2) is 13.0 Å². The third-order valence-electron chi connectivity index (χ3n) is 3.25. The Morgan fingerprint density at radius 2 is 2.04 bits per heavy atom. The molecular weight excluding hydrogens is 312 g/mol. The average Bonchev–Trinajstić information content (AvgIpc) is 2.54. The van der Waals surface area contributed by atoms with Gasteiger partial charge in [0, 0.05) is 16.3 Å². The maximum absolute atomic E-state index is 12.3. The number of rotatable bonds is 4. The predicted molar refractivity (Wildman–Crippen MR) is 91.4 cm³/mol. The number of aryl methyl sites for hydroxylation is 1. The molecule has 0 saturated carbocycles. The summed E-state index contributed by atoms with van der Waals surface area (Å²) in [6.07, 6.45) is 1.46. The lowest BCUT2D eigenvalue weighted by Gasteiger charge is -2.08. The second-order valence-corrected chi connectivity index (χ2v) is 5.26. The Kier molecular flexibility index (Phi) is 5.40. The summed E-state index contributed by atoms with van der Waals surface area (Å²) >= 11 is 5.96. The summed E-state index contributed by atoms with van der Waals surface area (Å²) in [5.41, 5.74) is 2.11. The van der Waals surface area contributed by atoms with Crippen LogP contribution in [0.15, 0.2) is 48.0 Å². The quantitative estimate of drug-likeness (QED) is 0.676. The summed E-state index contributed by atoms with van der Waals surface area (Å²) in [7, 11) is 1.51. The van der Waals surface area contributed by atoms with E-state index in [1.807, 2.05) is 31.2 Å². The number of hydrogen-bond donors (Lipinski definition) is 1. The zero-order valence-electron chi connectivity index (χ0n) is 12.8. The molecule has 0 aliphatic carbocycles. The Morgan fingerprint density at radius 3 is 2.70 bits per heavy atom. The van der Waals surface area contributed by atoms with Gasteiger partial charge in [-0.3, -0.25) is 4.79 Å². The number of benzene rings is 2. The summed E-state index contributed by atoms with van der Waals surface area (Å²) in [6, 6.07) is 14.3. The number of methoxy groups -OCH3 is 1. The lowest BCUT2D eigenvalue weighted by atomic mass is 10.1. The van der Waals surface area contributed by atoms with Gasteiger partial charge in [-0.1, -0.05) is 29.8 Å². The standard InChI is InChI=1S/C18H15ClN2O2/c1-12-5-3-4-6-16(12)21-18(22)14(11-20)9-13-10-15(19)7-8-17(13)23-2/h3-10H,1-2H3,(H,21,22)/b14-9-. The van der Waals surface area contributed by atoms with Crippen LogP contribution in [-0.2, 0) is 4.79 Å². The van der Waals surface area contributed by atoms with Gasteiger partial charge in [0.15, 0.2) is 0 Å². The van der Waals surface area contributed by atoms with E-state index < -0.39 is 5.91 Å². The highest BCUT2D eigenvalue weighted by atomic mass is 35.5. The minimum atomic E-state index is -0.483. The van der Waals surface area contributed by atoms with Gasteiger partial charge in [0.2, 0.25) is 0 Å². The van der Waals surface area contributed by atoms with Crippen LogP contribution in [0.2, 0.25) is 5.02 Å². The highest BCUT2D eigenvalue weighted by Gasteiger charge is 2.12. The van der Waals surface area contributed by atoms with Crippen molar-refractivity contribution in [3.63, 3.8) is 0 Å². The first-order valence-corrected chi connectivity index (χ1v) is 7.25. The topological polar surface area (TPSA) is 62.1 Å². The zero-order valence-corrected chi connectivity index (χ0v) is 13.5. The molecule has 0 heterocycles. The Labute approximate surface area is 140 Å². The fraction of sp³-hybridized carbons (Fsp3) is 0.111. The van der Waals surface area contributed by atoms with Crippen LogP contribution < -0.4 is 10.1 Å². The van der Waals surface area contributed by atoms with E-state index in [1.165, 1.54) is 13.2 Å². The first kappa shape index (κ1) is 16.6. The maximum atomic E-state index is 12.3. The molecule has 0 aromatic heterocycles. The minimum absolute atomic E-state index is 0.0335. The number of carbonyl (C=O) groups is 1. The number of anilines is 1. The number of nitrogens with one attached hydrogen (secondary N) is 1. The van der Waals surface area contributed by atoms with E-state index in [9.17, 15) is 10.1 Å². The van der Waals surface area contributed by atoms with Crippen LogP contribution in [0.25, 0.3) is 6.08 Å². The number of nitriles is 1. The van der Waals surface area contributed by atoms with Gasteiger partial charge in [0.25, 0.3) is 5.91 Å². The highest BCUT2D eigenvalue weighted by molar-refractivity contribution is 6.30. The molecular formula is C18H15ClN2O2. The number of amides is 1. The third kappa shape index (κ3) is 4.12. The van der Waals surface area contributed by atoms with Crippen LogP contribution in [0, 0.1) is 18.3 Å². The smallest absolute Gasteiger partial charge is 0.266 e. The number of hydrogen-bond acceptors (Lipinski definition) is 3. The lowest BCUT2D eigenvalue weighted by Crippen LogP contribution is -2.14. The molecule has 0 aliphatic rings. The molecule has 0 saturated heterocycles. The molecule has 2 aromatic carbocycles. The first-order valence-electron chi connectivity index (χ1n) is 6.87. The second-order valence-electron chi connectivity index (χ2n) is 4.83. The monoisotopic (exact) mass is 326 g/mol. The van der Waals surface area contributed by atoms with Crippen molar-refractivity contribution in [3.05, 3.63) is 64.2 Å². The van der Waals surface area contributed by atoms with Crippen molar-refractivity contribution in [2.75, 3.05) is 12.4 Å². The molecule has 0 unspecified atom stereocenters. The van der Waals surface area contributed by atoms with Crippen LogP contribution in [0.5, 0.6) is 5.75 Å². The van der Waals surface area contributed by atoms with Gasteiger partial charge in [-0.15, -0.1) is 0 Å². The molecule has 0 atom stereocenters. The molecule has 4 nitrogen and oxygen atoms in total. The Hall–Kier alpha value is -2.77. The Bertz CT molecular complexity index is 807. The van der Waals surface area contributed by atoms with E-state index in [-0.39, 0.29) is 5.57 Å². The van der Waals surface area contributed by atoms with Crippen molar-refractivity contribution in [3.8, 4) is 11.8 Å². The normalized spacial score (nSPS) is 10.8. The SMILES string of the molecule is COc1ccc(Cl)cc1/C=C(/C#N)C(=O)Nc1ccccc1C. The molecule has 23 heavy (non-hydrogen) atoms. The van der Waals surface area contributed by atoms with Crippen LogP contribution in [0.1, 0.15) is 11.1 Å². The molecule has 0 radical (unpaired) electrons. The van der Waals surface area contributed by atoms with E-state index in [4.69, 9.17) is 16.3 Å². The lowest BCUT2D eigenvalue weighted by molar-refractivity contribution is -0.112. The maximum Gasteiger partial charge on any atom is 0.266 e. The van der Waals surface area contributed by atoms with E-state index in [0.717, 1.165) is 5.56 Å². The van der Waals surface area contributed by atoms with Crippen molar-refractivity contribution in [2.45, 2.75) is 6.92 Å². The van der Waals surface area contributed by atoms with Gasteiger partial charge in [-0.05, 0) is 42.8 Å². The molecule has 116 valence electrons. The molecule has 0 aliphatic heterocycles. The molecule has 0 spiro atoms. The van der Waals surface area contributed by atoms with Gasteiger partial charge in [0.1, 0.15) is 17.4 Å². The van der Waals surface area contributed by atoms with E-state index in [1.54, 1.807) is 24.3 Å². The molecule has 5 heteroatoms. The van der Waals surface area contributed by atoms with Crippen molar-refractivity contribution < 1.29 is 9.53 Å². The summed E-state index contributed by atoms with van der Waals surface area (Å²) in [5.74, 6) is 0.0506. The number of halogens is 1. The van der Waals surface area contributed by atoms with Crippen molar-refractivity contribution in [1.82, 2.24) is 0 Å². The minimum Gasteiger partial charge on any atom is -0.496 e. The highest BCUT2D eigenvalue weighted by Crippen LogP contribution is 2.25. The number of para-hydroxylation sites is 1. The summed E-state index contributed by atoms with van der Waals surface area (Å²) in [6.45, 7) is 1.88. The second kappa shape index (κ2) is 7.48. The van der Waals surface area contributed by atoms with E-state index in [2.05, 4.69) is 5.32 Å². The number of nitrogens with zero attached hydrogens (tertiary/aromatic N) is 1. The Morgan fingerprint density at radius 1 is 1.30 bits per heavy atom. The Balaban J connectivity index is 2.33. The van der Waals surface area contributed by atoms with Gasteiger partial charge in [-0.25, -0.2) is 0 Å². The zero-order chi connectivity index (χ0) is 16.8. The summed E-state index contributed by atoms with van der Waals surface area (Å²) in [4.78, 5) is 12.3. The summed E-state index contributed by atoms with van der Waals surface area (Å²) in [5, 5.41) is 12.5. The molecule has 2 rings (SSSR count). The van der Waals surface area contributed by atoms with Crippen molar-refractivity contribution in [2.24, 2.45) is 0 Å². The molecule has 0 bridgehead atoms. The van der Waals surface area contributed by atoms with Crippen LogP contribution >= 0.6 is 11.6 Å². The van der Waals surface area contributed by atoms with Crippen LogP contribution in [0.3, 0.4) is 0 Å². The van der Waals surface area contributed by atoms with E-state index >= 15 is 0 Å². The fourth-order valence-corrected chi connectivity index (χ4v) is 2.21. The fourth-order valence-electron chi connectivity index (χ4n) is 2.02. The first-order chi connectivity index (χ1) is 11.0. The molecule has 1 N–H and O–H groups in total. The predicted octanol–water partition coefficient (Wildman–Crippen LogP) is 4.20. The van der Waals surface area contributed by atoms with Gasteiger partial charge < -0.3 is 10.1 Å². The third-order valence-corrected chi connectivity index (χ3v) is 3.49.